The van der Waals surface area contributed by atoms with Crippen molar-refractivity contribution < 1.29 is 4.79 Å². The average Bonchev–Trinajstić information content (AvgIpc) is 2.70. The number of hydrogen-bond donors (Lipinski definition) is 2. The summed E-state index contributed by atoms with van der Waals surface area (Å²) in [6.45, 7) is 1.87. The van der Waals surface area contributed by atoms with Crippen molar-refractivity contribution in [2.24, 2.45) is 5.73 Å². The molecule has 0 atom stereocenters. The van der Waals surface area contributed by atoms with Crippen molar-refractivity contribution in [3.8, 4) is 0 Å². The number of nitrogens with one attached hydrogen (secondary N) is 1. The SMILES string of the molecule is NC(=O)c1ccccc1N1CCCN1. The summed E-state index contributed by atoms with van der Waals surface area (Å²) < 4.78 is 0. The maximum Gasteiger partial charge on any atom is 0.250 e. The van der Waals surface area contributed by atoms with Crippen LogP contribution in [0.3, 0.4) is 0 Å². The molecule has 1 saturated heterocycles. The largest absolute Gasteiger partial charge is 0.366 e. The summed E-state index contributed by atoms with van der Waals surface area (Å²) in [6.07, 6.45) is 1.09. The molecule has 74 valence electrons. The topological polar surface area (TPSA) is 58.4 Å². The lowest BCUT2D eigenvalue weighted by atomic mass is 10.1. The lowest BCUT2D eigenvalue weighted by Gasteiger charge is -2.19. The smallest absolute Gasteiger partial charge is 0.250 e. The summed E-state index contributed by atoms with van der Waals surface area (Å²) in [5.41, 5.74) is 9.93. The van der Waals surface area contributed by atoms with Crippen LogP contribution in [0.15, 0.2) is 24.3 Å². The Balaban J connectivity index is 2.35. The van der Waals surface area contributed by atoms with Crippen LogP contribution in [0.1, 0.15) is 16.8 Å². The van der Waals surface area contributed by atoms with Crippen molar-refractivity contribution in [3.05, 3.63) is 29.8 Å². The second-order valence-corrected chi connectivity index (χ2v) is 3.29. The van der Waals surface area contributed by atoms with Crippen LogP contribution < -0.4 is 16.2 Å². The maximum absolute atomic E-state index is 11.1. The third-order valence-electron chi connectivity index (χ3n) is 2.32. The predicted octanol–water partition coefficient (Wildman–Crippen LogP) is 0.500. The summed E-state index contributed by atoms with van der Waals surface area (Å²) in [4.78, 5) is 11.1. The molecule has 0 radical (unpaired) electrons. The number of benzene rings is 1. The lowest BCUT2D eigenvalue weighted by molar-refractivity contribution is 0.100. The van der Waals surface area contributed by atoms with Gasteiger partial charge in [-0.2, -0.15) is 0 Å². The number of hydrogen-bond acceptors (Lipinski definition) is 3. The van der Waals surface area contributed by atoms with Crippen molar-refractivity contribution in [1.29, 1.82) is 0 Å². The number of primary amides is 1. The van der Waals surface area contributed by atoms with Crippen LogP contribution in [0.2, 0.25) is 0 Å². The second-order valence-electron chi connectivity index (χ2n) is 3.29. The molecule has 1 aliphatic heterocycles. The molecule has 0 aliphatic carbocycles. The highest BCUT2D eigenvalue weighted by molar-refractivity contribution is 5.98. The van der Waals surface area contributed by atoms with E-state index in [1.165, 1.54) is 0 Å². The Morgan fingerprint density at radius 3 is 2.86 bits per heavy atom. The Labute approximate surface area is 82.7 Å². The lowest BCUT2D eigenvalue weighted by Crippen LogP contribution is -2.32. The molecule has 4 nitrogen and oxygen atoms in total. The minimum Gasteiger partial charge on any atom is -0.366 e. The summed E-state index contributed by atoms with van der Waals surface area (Å²) in [6, 6.07) is 7.37. The van der Waals surface area contributed by atoms with Gasteiger partial charge in [-0.05, 0) is 18.6 Å². The van der Waals surface area contributed by atoms with E-state index < -0.39 is 0 Å². The first kappa shape index (κ1) is 9.02. The number of hydrazine groups is 1. The number of carbonyl (C=O) groups excluding carboxylic acids is 1. The van der Waals surface area contributed by atoms with Gasteiger partial charge in [-0.15, -0.1) is 0 Å². The fourth-order valence-corrected chi connectivity index (χ4v) is 1.65. The number of amides is 1. The quantitative estimate of drug-likeness (QED) is 0.715. The molecule has 1 amide bonds. The Bertz CT molecular complexity index is 345. The standard InChI is InChI=1S/C10H13N3O/c11-10(14)8-4-1-2-5-9(8)13-7-3-6-12-13/h1-2,4-5,12H,3,6-7H2,(H2,11,14). The van der Waals surface area contributed by atoms with Crippen molar-refractivity contribution in [3.63, 3.8) is 0 Å². The van der Waals surface area contributed by atoms with E-state index in [1.54, 1.807) is 6.07 Å². The number of nitrogens with two attached hydrogens (primary N) is 1. The molecule has 1 aromatic carbocycles. The predicted molar refractivity (Wildman–Crippen MR) is 54.9 cm³/mol. The molecule has 1 heterocycles. The fraction of sp³-hybridized carbons (Fsp3) is 0.300. The highest BCUT2D eigenvalue weighted by Crippen LogP contribution is 2.20. The first-order chi connectivity index (χ1) is 6.79. The van der Waals surface area contributed by atoms with Gasteiger partial charge >= 0.3 is 0 Å². The molecule has 3 N–H and O–H groups in total. The molecule has 4 heteroatoms. The zero-order valence-electron chi connectivity index (χ0n) is 7.86. The second kappa shape index (κ2) is 3.67. The van der Waals surface area contributed by atoms with Crippen molar-refractivity contribution in [2.75, 3.05) is 18.1 Å². The average molecular weight is 191 g/mol. The van der Waals surface area contributed by atoms with Gasteiger partial charge in [0.1, 0.15) is 0 Å². The monoisotopic (exact) mass is 191 g/mol. The van der Waals surface area contributed by atoms with Gasteiger partial charge < -0.3 is 10.7 Å². The van der Waals surface area contributed by atoms with Crippen molar-refractivity contribution in [2.45, 2.75) is 6.42 Å². The molecule has 2 rings (SSSR count). The number of rotatable bonds is 2. The highest BCUT2D eigenvalue weighted by atomic mass is 16.1. The van der Waals surface area contributed by atoms with E-state index in [2.05, 4.69) is 5.43 Å². The van der Waals surface area contributed by atoms with E-state index in [-0.39, 0.29) is 5.91 Å². The van der Waals surface area contributed by atoms with Gasteiger partial charge in [0.25, 0.3) is 5.91 Å². The highest BCUT2D eigenvalue weighted by Gasteiger charge is 2.16. The normalized spacial score (nSPS) is 15.9. The first-order valence-electron chi connectivity index (χ1n) is 4.69. The molecular weight excluding hydrogens is 178 g/mol. The van der Waals surface area contributed by atoms with Crippen LogP contribution in [0.4, 0.5) is 5.69 Å². The van der Waals surface area contributed by atoms with E-state index in [0.29, 0.717) is 5.56 Å². The van der Waals surface area contributed by atoms with Gasteiger partial charge in [0.05, 0.1) is 11.3 Å². The Kier molecular flexibility index (Phi) is 2.37. The molecular formula is C10H13N3O. The first-order valence-corrected chi connectivity index (χ1v) is 4.69. The minimum absolute atomic E-state index is 0.380. The van der Waals surface area contributed by atoms with Crippen LogP contribution in [-0.4, -0.2) is 19.0 Å². The van der Waals surface area contributed by atoms with Gasteiger partial charge in [-0.25, -0.2) is 5.43 Å². The number of para-hydroxylation sites is 1. The van der Waals surface area contributed by atoms with Gasteiger partial charge in [-0.3, -0.25) is 4.79 Å². The maximum atomic E-state index is 11.1. The van der Waals surface area contributed by atoms with E-state index in [1.807, 2.05) is 23.2 Å². The van der Waals surface area contributed by atoms with Crippen LogP contribution in [0.5, 0.6) is 0 Å². The van der Waals surface area contributed by atoms with Crippen molar-refractivity contribution >= 4 is 11.6 Å². The van der Waals surface area contributed by atoms with E-state index >= 15 is 0 Å². The summed E-state index contributed by atoms with van der Waals surface area (Å²) in [5, 5.41) is 1.97. The van der Waals surface area contributed by atoms with E-state index in [4.69, 9.17) is 5.73 Å². The van der Waals surface area contributed by atoms with Crippen molar-refractivity contribution in [1.82, 2.24) is 5.43 Å². The van der Waals surface area contributed by atoms with E-state index in [9.17, 15) is 4.79 Å². The van der Waals surface area contributed by atoms with Crippen LogP contribution in [0.25, 0.3) is 0 Å². The summed E-state index contributed by atoms with van der Waals surface area (Å²) in [5.74, 6) is -0.380. The molecule has 0 bridgehead atoms. The number of anilines is 1. The number of nitrogens with zero attached hydrogens (tertiary/aromatic N) is 1. The van der Waals surface area contributed by atoms with Crippen LogP contribution in [0, 0.1) is 0 Å². The van der Waals surface area contributed by atoms with Gasteiger partial charge in [0.15, 0.2) is 0 Å². The summed E-state index contributed by atoms with van der Waals surface area (Å²) in [7, 11) is 0. The summed E-state index contributed by atoms with van der Waals surface area (Å²) >= 11 is 0. The molecule has 1 aliphatic rings. The van der Waals surface area contributed by atoms with Gasteiger partial charge in [-0.1, -0.05) is 12.1 Å². The third kappa shape index (κ3) is 1.56. The zero-order chi connectivity index (χ0) is 9.97. The molecule has 1 fully saturated rings. The number of carbonyl (C=O) groups is 1. The minimum atomic E-state index is -0.380. The Hall–Kier alpha value is -1.55. The molecule has 1 aromatic rings. The van der Waals surface area contributed by atoms with Gasteiger partial charge in [0, 0.05) is 13.1 Å². The third-order valence-corrected chi connectivity index (χ3v) is 2.32. The zero-order valence-corrected chi connectivity index (χ0v) is 7.86. The molecule has 0 spiro atoms. The molecule has 14 heavy (non-hydrogen) atoms. The van der Waals surface area contributed by atoms with Crippen LogP contribution in [-0.2, 0) is 0 Å². The molecule has 0 unspecified atom stereocenters. The Morgan fingerprint density at radius 1 is 1.43 bits per heavy atom. The molecule has 0 aromatic heterocycles. The molecule has 0 saturated carbocycles. The fourth-order valence-electron chi connectivity index (χ4n) is 1.65. The van der Waals surface area contributed by atoms with Gasteiger partial charge in [0.2, 0.25) is 0 Å². The van der Waals surface area contributed by atoms with Crippen LogP contribution >= 0.6 is 0 Å². The van der Waals surface area contributed by atoms with E-state index in [0.717, 1.165) is 25.2 Å². The Morgan fingerprint density at radius 2 is 2.21 bits per heavy atom.